The molecule has 5 heteroatoms. The van der Waals surface area contributed by atoms with Gasteiger partial charge in [0.2, 0.25) is 0 Å². The van der Waals surface area contributed by atoms with Crippen LogP contribution in [0.5, 0.6) is 0 Å². The Balaban J connectivity index is 1.76. The van der Waals surface area contributed by atoms with Crippen LogP contribution >= 0.6 is 23.4 Å². The number of fused-ring (bicyclic) bond motifs is 1. The highest BCUT2D eigenvalue weighted by Crippen LogP contribution is 2.26. The predicted molar refractivity (Wildman–Crippen MR) is 122 cm³/mol. The summed E-state index contributed by atoms with van der Waals surface area (Å²) in [7, 11) is 0. The van der Waals surface area contributed by atoms with Crippen LogP contribution in [0, 0.1) is 0 Å². The van der Waals surface area contributed by atoms with E-state index < -0.39 is 0 Å². The lowest BCUT2D eigenvalue weighted by Crippen LogP contribution is -2.21. The van der Waals surface area contributed by atoms with Crippen LogP contribution in [0.2, 0.25) is 5.02 Å². The molecule has 146 valence electrons. The lowest BCUT2D eigenvalue weighted by molar-refractivity contribution is 0.819. The highest BCUT2D eigenvalue weighted by molar-refractivity contribution is 7.98. The van der Waals surface area contributed by atoms with Gasteiger partial charge < -0.3 is 0 Å². The Kier molecular flexibility index (Phi) is 5.74. The van der Waals surface area contributed by atoms with Crippen molar-refractivity contribution in [3.8, 4) is 5.69 Å². The number of para-hydroxylation sites is 1. The van der Waals surface area contributed by atoms with E-state index in [0.717, 1.165) is 11.4 Å². The fraction of sp³-hybridized carbons (Fsp3) is 0.167. The Bertz CT molecular complexity index is 1220. The minimum atomic E-state index is -0.0875. The molecule has 0 radical (unpaired) electrons. The summed E-state index contributed by atoms with van der Waals surface area (Å²) in [6.07, 6.45) is 0. The van der Waals surface area contributed by atoms with Gasteiger partial charge in [-0.25, -0.2) is 4.98 Å². The van der Waals surface area contributed by atoms with Crippen LogP contribution in [0.4, 0.5) is 0 Å². The van der Waals surface area contributed by atoms with Crippen molar-refractivity contribution in [3.05, 3.63) is 99.3 Å². The monoisotopic (exact) mass is 420 g/mol. The molecule has 0 aliphatic heterocycles. The summed E-state index contributed by atoms with van der Waals surface area (Å²) < 4.78 is 1.65. The zero-order valence-corrected chi connectivity index (χ0v) is 17.9. The van der Waals surface area contributed by atoms with E-state index in [1.807, 2.05) is 36.4 Å². The molecule has 0 aliphatic rings. The summed E-state index contributed by atoms with van der Waals surface area (Å²) in [5.41, 5.74) is 3.85. The first-order valence-corrected chi connectivity index (χ1v) is 10.9. The zero-order chi connectivity index (χ0) is 20.4. The Labute approximate surface area is 179 Å². The number of thioether (sulfide) groups is 1. The molecule has 0 aliphatic carbocycles. The van der Waals surface area contributed by atoms with Crippen LogP contribution in [0.15, 0.2) is 82.7 Å². The van der Waals surface area contributed by atoms with Gasteiger partial charge in [0, 0.05) is 10.8 Å². The molecule has 1 aromatic heterocycles. The van der Waals surface area contributed by atoms with Gasteiger partial charge in [-0.05, 0) is 47.4 Å². The molecule has 29 heavy (non-hydrogen) atoms. The van der Waals surface area contributed by atoms with Gasteiger partial charge in [0.25, 0.3) is 5.56 Å². The Morgan fingerprint density at radius 3 is 2.48 bits per heavy atom. The molecule has 0 saturated heterocycles. The van der Waals surface area contributed by atoms with Gasteiger partial charge in [0.15, 0.2) is 5.16 Å². The number of hydrogen-bond donors (Lipinski definition) is 0. The molecule has 3 nitrogen and oxygen atoms in total. The van der Waals surface area contributed by atoms with Crippen molar-refractivity contribution in [1.82, 2.24) is 9.55 Å². The second-order valence-corrected chi connectivity index (χ2v) is 8.60. The summed E-state index contributed by atoms with van der Waals surface area (Å²) in [5.74, 6) is 1.23. The third kappa shape index (κ3) is 4.24. The molecule has 0 unspecified atom stereocenters. The zero-order valence-electron chi connectivity index (χ0n) is 16.3. The van der Waals surface area contributed by atoms with Gasteiger partial charge in [-0.2, -0.15) is 0 Å². The molecule has 3 aromatic carbocycles. The molecule has 4 rings (SSSR count). The topological polar surface area (TPSA) is 34.9 Å². The van der Waals surface area contributed by atoms with Gasteiger partial charge in [-0.15, -0.1) is 0 Å². The summed E-state index contributed by atoms with van der Waals surface area (Å²) in [6, 6.07) is 23.4. The SMILES string of the molecule is CC(C)c1ccc(CSc2nc3ccccc3c(=O)n2-c2cccc(Cl)c2)cc1. The normalized spacial score (nSPS) is 11.3. The van der Waals surface area contributed by atoms with Gasteiger partial charge in [-0.1, -0.05) is 79.7 Å². The van der Waals surface area contributed by atoms with Crippen LogP contribution in [-0.2, 0) is 5.75 Å². The first kappa shape index (κ1) is 19.7. The molecular weight excluding hydrogens is 400 g/mol. The molecule has 0 bridgehead atoms. The highest BCUT2D eigenvalue weighted by Gasteiger charge is 2.14. The molecule has 0 fully saturated rings. The van der Waals surface area contributed by atoms with Crippen LogP contribution in [0.3, 0.4) is 0 Å². The van der Waals surface area contributed by atoms with Crippen molar-refractivity contribution in [2.75, 3.05) is 0 Å². The van der Waals surface area contributed by atoms with Crippen molar-refractivity contribution < 1.29 is 0 Å². The second-order valence-electron chi connectivity index (χ2n) is 7.22. The Hall–Kier alpha value is -2.56. The smallest absolute Gasteiger partial charge is 0.266 e. The maximum atomic E-state index is 13.3. The average Bonchev–Trinajstić information content (AvgIpc) is 2.72. The van der Waals surface area contributed by atoms with Crippen LogP contribution < -0.4 is 5.56 Å². The van der Waals surface area contributed by atoms with E-state index in [4.69, 9.17) is 16.6 Å². The third-order valence-electron chi connectivity index (χ3n) is 4.83. The number of benzene rings is 3. The maximum absolute atomic E-state index is 13.3. The van der Waals surface area contributed by atoms with Crippen molar-refractivity contribution in [2.24, 2.45) is 0 Å². The highest BCUT2D eigenvalue weighted by atomic mass is 35.5. The molecule has 4 aromatic rings. The van der Waals surface area contributed by atoms with Crippen LogP contribution in [0.25, 0.3) is 16.6 Å². The second kappa shape index (κ2) is 8.44. The van der Waals surface area contributed by atoms with Crippen LogP contribution in [0.1, 0.15) is 30.9 Å². The number of aromatic nitrogens is 2. The van der Waals surface area contributed by atoms with Crippen molar-refractivity contribution >= 4 is 34.3 Å². The van der Waals surface area contributed by atoms with Crippen molar-refractivity contribution in [1.29, 1.82) is 0 Å². The molecule has 0 spiro atoms. The number of hydrogen-bond acceptors (Lipinski definition) is 3. The minimum absolute atomic E-state index is 0.0875. The largest absolute Gasteiger partial charge is 0.268 e. The van der Waals surface area contributed by atoms with Gasteiger partial charge in [-0.3, -0.25) is 9.36 Å². The minimum Gasteiger partial charge on any atom is -0.268 e. The molecule has 1 heterocycles. The van der Waals surface area contributed by atoms with E-state index in [0.29, 0.717) is 27.0 Å². The van der Waals surface area contributed by atoms with Crippen molar-refractivity contribution in [2.45, 2.75) is 30.7 Å². The first-order valence-electron chi connectivity index (χ1n) is 9.52. The Morgan fingerprint density at radius 1 is 1.00 bits per heavy atom. The summed E-state index contributed by atoms with van der Waals surface area (Å²) in [5, 5.41) is 1.84. The average molecular weight is 421 g/mol. The summed E-state index contributed by atoms with van der Waals surface area (Å²) in [4.78, 5) is 18.0. The maximum Gasteiger partial charge on any atom is 0.266 e. The summed E-state index contributed by atoms with van der Waals surface area (Å²) in [6.45, 7) is 4.37. The molecular formula is C24H21ClN2OS. The lowest BCUT2D eigenvalue weighted by Gasteiger charge is -2.14. The quantitative estimate of drug-likeness (QED) is 0.274. The third-order valence-corrected chi connectivity index (χ3v) is 6.07. The predicted octanol–water partition coefficient (Wildman–Crippen LogP) is 6.45. The summed E-state index contributed by atoms with van der Waals surface area (Å²) >= 11 is 7.74. The number of nitrogens with zero attached hydrogens (tertiary/aromatic N) is 2. The molecule has 0 atom stereocenters. The Morgan fingerprint density at radius 2 is 1.76 bits per heavy atom. The van der Waals surface area contributed by atoms with E-state index in [1.165, 1.54) is 11.1 Å². The first-order chi connectivity index (χ1) is 14.0. The van der Waals surface area contributed by atoms with E-state index in [9.17, 15) is 4.79 Å². The number of rotatable bonds is 5. The van der Waals surface area contributed by atoms with Gasteiger partial charge in [0.1, 0.15) is 0 Å². The molecule has 0 N–H and O–H groups in total. The van der Waals surface area contributed by atoms with E-state index >= 15 is 0 Å². The fourth-order valence-corrected chi connectivity index (χ4v) is 4.35. The fourth-order valence-electron chi connectivity index (χ4n) is 3.20. The van der Waals surface area contributed by atoms with Gasteiger partial charge >= 0.3 is 0 Å². The number of halogens is 1. The van der Waals surface area contributed by atoms with Crippen LogP contribution in [-0.4, -0.2) is 9.55 Å². The lowest BCUT2D eigenvalue weighted by atomic mass is 10.0. The standard InChI is InChI=1S/C24H21ClN2OS/c1-16(2)18-12-10-17(11-13-18)15-29-24-26-22-9-4-3-8-21(22)23(28)27(24)20-7-5-6-19(25)14-20/h3-14,16H,15H2,1-2H3. The molecule has 0 saturated carbocycles. The van der Waals surface area contributed by atoms with E-state index in [2.05, 4.69) is 38.1 Å². The van der Waals surface area contributed by atoms with E-state index in [-0.39, 0.29) is 5.56 Å². The van der Waals surface area contributed by atoms with Crippen molar-refractivity contribution in [3.63, 3.8) is 0 Å². The van der Waals surface area contributed by atoms with Gasteiger partial charge in [0.05, 0.1) is 16.6 Å². The van der Waals surface area contributed by atoms with E-state index in [1.54, 1.807) is 28.5 Å². The molecule has 0 amide bonds.